The Hall–Kier alpha value is -1.61. The minimum absolute atomic E-state index is 0.197. The fourth-order valence-electron chi connectivity index (χ4n) is 2.94. The molecule has 1 heterocycles. The molecule has 27 heavy (non-hydrogen) atoms. The highest BCUT2D eigenvalue weighted by molar-refractivity contribution is 7.89. The fourth-order valence-corrected chi connectivity index (χ4v) is 4.49. The summed E-state index contributed by atoms with van der Waals surface area (Å²) in [4.78, 5) is 2.22. The van der Waals surface area contributed by atoms with Gasteiger partial charge in [-0.2, -0.15) is 17.5 Å². The summed E-state index contributed by atoms with van der Waals surface area (Å²) in [5.41, 5.74) is 0.0853. The van der Waals surface area contributed by atoms with Gasteiger partial charge in [0, 0.05) is 37.7 Å². The summed E-state index contributed by atoms with van der Waals surface area (Å²) in [7, 11) is -3.57. The first-order chi connectivity index (χ1) is 12.7. The van der Waals surface area contributed by atoms with Gasteiger partial charge >= 0.3 is 6.18 Å². The molecule has 2 aromatic carbocycles. The molecule has 1 aliphatic heterocycles. The first-order valence-corrected chi connectivity index (χ1v) is 10.1. The van der Waals surface area contributed by atoms with Gasteiger partial charge in [0.25, 0.3) is 0 Å². The van der Waals surface area contributed by atoms with Crippen molar-refractivity contribution in [3.05, 3.63) is 64.7 Å². The topological polar surface area (TPSA) is 40.6 Å². The molecule has 2 aromatic rings. The molecule has 146 valence electrons. The zero-order valence-electron chi connectivity index (χ0n) is 14.3. The predicted molar refractivity (Wildman–Crippen MR) is 96.9 cm³/mol. The Morgan fingerprint density at radius 3 is 1.96 bits per heavy atom. The molecule has 1 saturated heterocycles. The summed E-state index contributed by atoms with van der Waals surface area (Å²) in [6, 6.07) is 11.1. The molecule has 0 aromatic heterocycles. The van der Waals surface area contributed by atoms with E-state index in [0.717, 1.165) is 17.7 Å². The summed E-state index contributed by atoms with van der Waals surface area (Å²) in [6.07, 6.45) is -4.35. The zero-order valence-corrected chi connectivity index (χ0v) is 15.9. The molecule has 0 saturated carbocycles. The average molecular weight is 419 g/mol. The predicted octanol–water partition coefficient (Wildman–Crippen LogP) is 3.87. The molecular weight excluding hydrogens is 401 g/mol. The lowest BCUT2D eigenvalue weighted by molar-refractivity contribution is -0.137. The van der Waals surface area contributed by atoms with E-state index < -0.39 is 21.8 Å². The van der Waals surface area contributed by atoms with Crippen molar-refractivity contribution in [1.29, 1.82) is 0 Å². The van der Waals surface area contributed by atoms with Gasteiger partial charge in [0.15, 0.2) is 0 Å². The average Bonchev–Trinajstić information content (AvgIpc) is 2.62. The van der Waals surface area contributed by atoms with Gasteiger partial charge in [-0.25, -0.2) is 8.42 Å². The minimum Gasteiger partial charge on any atom is -0.296 e. The number of hydrogen-bond donors (Lipinski definition) is 0. The van der Waals surface area contributed by atoms with E-state index in [4.69, 9.17) is 11.6 Å². The van der Waals surface area contributed by atoms with Crippen molar-refractivity contribution in [3.63, 3.8) is 0 Å². The SMILES string of the molecule is O=S(=O)(c1ccc(Cl)cc1)N1CCN(Cc2ccc(C(F)(F)F)cc2)CC1. The molecule has 4 nitrogen and oxygen atoms in total. The molecule has 3 rings (SSSR count). The molecule has 0 aliphatic carbocycles. The summed E-state index contributed by atoms with van der Waals surface area (Å²) >= 11 is 5.80. The summed E-state index contributed by atoms with van der Waals surface area (Å²) in [6.45, 7) is 2.14. The van der Waals surface area contributed by atoms with Gasteiger partial charge in [-0.15, -0.1) is 0 Å². The molecule has 0 amide bonds. The highest BCUT2D eigenvalue weighted by atomic mass is 35.5. The van der Waals surface area contributed by atoms with Crippen molar-refractivity contribution in [2.75, 3.05) is 26.2 Å². The van der Waals surface area contributed by atoms with Crippen LogP contribution in [0.1, 0.15) is 11.1 Å². The maximum Gasteiger partial charge on any atom is 0.416 e. The quantitative estimate of drug-likeness (QED) is 0.757. The van der Waals surface area contributed by atoms with Crippen LogP contribution in [0.5, 0.6) is 0 Å². The number of hydrogen-bond acceptors (Lipinski definition) is 3. The van der Waals surface area contributed by atoms with Crippen LogP contribution in [0, 0.1) is 0 Å². The van der Waals surface area contributed by atoms with Crippen molar-refractivity contribution in [1.82, 2.24) is 9.21 Å². The second-order valence-corrected chi connectivity index (χ2v) is 8.70. The molecule has 0 spiro atoms. The van der Waals surface area contributed by atoms with E-state index in [0.29, 0.717) is 37.7 Å². The summed E-state index contributed by atoms with van der Waals surface area (Å²) in [5, 5.41) is 0.468. The van der Waals surface area contributed by atoms with Gasteiger partial charge in [-0.3, -0.25) is 4.90 Å². The van der Waals surface area contributed by atoms with Crippen molar-refractivity contribution >= 4 is 21.6 Å². The molecule has 0 bridgehead atoms. The van der Waals surface area contributed by atoms with Crippen LogP contribution >= 0.6 is 11.6 Å². The highest BCUT2D eigenvalue weighted by Crippen LogP contribution is 2.29. The first kappa shape index (κ1) is 20.1. The third-order valence-corrected chi connectivity index (χ3v) is 6.63. The number of alkyl halides is 3. The number of piperazine rings is 1. The Kier molecular flexibility index (Phi) is 5.81. The van der Waals surface area contributed by atoms with Gasteiger partial charge in [-0.1, -0.05) is 23.7 Å². The lowest BCUT2D eigenvalue weighted by atomic mass is 10.1. The molecule has 0 atom stereocenters. The standard InChI is InChI=1S/C18H18ClF3N2O2S/c19-16-5-7-17(8-6-16)27(25,26)24-11-9-23(10-12-24)13-14-1-3-15(4-2-14)18(20,21)22/h1-8H,9-13H2. The second kappa shape index (κ2) is 7.79. The van der Waals surface area contributed by atoms with Crippen LogP contribution in [0.15, 0.2) is 53.4 Å². The molecule has 0 N–H and O–H groups in total. The third kappa shape index (κ3) is 4.82. The number of sulfonamides is 1. The van der Waals surface area contributed by atoms with E-state index in [1.54, 1.807) is 0 Å². The number of nitrogens with zero attached hydrogens (tertiary/aromatic N) is 2. The smallest absolute Gasteiger partial charge is 0.296 e. The van der Waals surface area contributed by atoms with Gasteiger partial charge in [0.1, 0.15) is 0 Å². The van der Waals surface area contributed by atoms with Crippen LogP contribution in [0.4, 0.5) is 13.2 Å². The van der Waals surface area contributed by atoms with E-state index in [2.05, 4.69) is 0 Å². The van der Waals surface area contributed by atoms with Crippen LogP contribution in [0.3, 0.4) is 0 Å². The van der Waals surface area contributed by atoms with Crippen LogP contribution < -0.4 is 0 Å². The Balaban J connectivity index is 1.59. The number of benzene rings is 2. The monoisotopic (exact) mass is 418 g/mol. The maximum absolute atomic E-state index is 12.7. The Labute approximate surface area is 161 Å². The van der Waals surface area contributed by atoms with Crippen LogP contribution in [0.2, 0.25) is 5.02 Å². The number of halogens is 4. The lowest BCUT2D eigenvalue weighted by Crippen LogP contribution is -2.48. The van der Waals surface area contributed by atoms with E-state index in [1.165, 1.54) is 40.7 Å². The van der Waals surface area contributed by atoms with Gasteiger partial charge in [0.2, 0.25) is 10.0 Å². The maximum atomic E-state index is 12.7. The van der Waals surface area contributed by atoms with E-state index in [-0.39, 0.29) is 4.90 Å². The summed E-state index contributed by atoms with van der Waals surface area (Å²) in [5.74, 6) is 0. The molecule has 0 unspecified atom stereocenters. The molecule has 0 radical (unpaired) electrons. The molecular formula is C18H18ClF3N2O2S. The largest absolute Gasteiger partial charge is 0.416 e. The first-order valence-electron chi connectivity index (χ1n) is 8.30. The number of rotatable bonds is 4. The molecule has 1 aliphatic rings. The van der Waals surface area contributed by atoms with Crippen molar-refractivity contribution in [3.8, 4) is 0 Å². The third-order valence-electron chi connectivity index (χ3n) is 4.47. The zero-order chi connectivity index (χ0) is 19.7. The van der Waals surface area contributed by atoms with Crippen LogP contribution in [-0.4, -0.2) is 43.8 Å². The van der Waals surface area contributed by atoms with E-state index in [1.807, 2.05) is 4.90 Å². The molecule has 1 fully saturated rings. The van der Waals surface area contributed by atoms with Crippen molar-refractivity contribution in [2.24, 2.45) is 0 Å². The lowest BCUT2D eigenvalue weighted by Gasteiger charge is -2.34. The van der Waals surface area contributed by atoms with E-state index in [9.17, 15) is 21.6 Å². The highest BCUT2D eigenvalue weighted by Gasteiger charge is 2.30. The van der Waals surface area contributed by atoms with Crippen molar-refractivity contribution < 1.29 is 21.6 Å². The van der Waals surface area contributed by atoms with E-state index >= 15 is 0 Å². The minimum atomic E-state index is -4.35. The Morgan fingerprint density at radius 2 is 1.44 bits per heavy atom. The Morgan fingerprint density at radius 1 is 0.889 bits per heavy atom. The summed E-state index contributed by atoms with van der Waals surface area (Å²) < 4.78 is 64.6. The normalized spacial score (nSPS) is 17.2. The molecule has 9 heteroatoms. The van der Waals surface area contributed by atoms with Crippen LogP contribution in [0.25, 0.3) is 0 Å². The van der Waals surface area contributed by atoms with Gasteiger partial charge < -0.3 is 0 Å². The van der Waals surface area contributed by atoms with Crippen LogP contribution in [-0.2, 0) is 22.7 Å². The second-order valence-electron chi connectivity index (χ2n) is 6.33. The fraction of sp³-hybridized carbons (Fsp3) is 0.333. The van der Waals surface area contributed by atoms with Crippen molar-refractivity contribution in [2.45, 2.75) is 17.6 Å². The van der Waals surface area contributed by atoms with Gasteiger partial charge in [0.05, 0.1) is 10.5 Å². The van der Waals surface area contributed by atoms with Gasteiger partial charge in [-0.05, 0) is 42.0 Å². The Bertz CT molecular complexity index is 876.